The van der Waals surface area contributed by atoms with Gasteiger partial charge in [-0.15, -0.1) is 0 Å². The summed E-state index contributed by atoms with van der Waals surface area (Å²) in [5, 5.41) is 8.52. The van der Waals surface area contributed by atoms with Crippen LogP contribution in [-0.2, 0) is 76.8 Å². The number of esters is 1. The molecular formula is C47H68O16. The molecule has 3 aromatic rings. The molecule has 352 valence electrons. The molecule has 16 nitrogen and oxygen atoms in total. The number of carbonyl (C=O) groups is 2. The zero-order chi connectivity index (χ0) is 44.6. The van der Waals surface area contributed by atoms with E-state index >= 15 is 0 Å². The highest BCUT2D eigenvalue weighted by molar-refractivity contribution is 5.76. The highest BCUT2D eigenvalue weighted by Crippen LogP contribution is 2.40. The van der Waals surface area contributed by atoms with Gasteiger partial charge in [-0.2, -0.15) is 0 Å². The fourth-order valence-electron chi connectivity index (χ4n) is 5.82. The van der Waals surface area contributed by atoms with E-state index in [-0.39, 0.29) is 26.1 Å². The average molecular weight is 889 g/mol. The van der Waals surface area contributed by atoms with E-state index in [1.165, 1.54) is 0 Å². The van der Waals surface area contributed by atoms with Crippen molar-refractivity contribution in [2.45, 2.75) is 18.4 Å². The lowest BCUT2D eigenvalue weighted by Gasteiger charge is -2.36. The second kappa shape index (κ2) is 37.5. The number of carbonyl (C=O) groups excluding carboxylic acids is 1. The van der Waals surface area contributed by atoms with Gasteiger partial charge < -0.3 is 66.7 Å². The molecule has 63 heavy (non-hydrogen) atoms. The Labute approximate surface area is 372 Å². The van der Waals surface area contributed by atoms with Gasteiger partial charge in [0.15, 0.2) is 0 Å². The first-order valence-corrected chi connectivity index (χ1v) is 21.7. The lowest BCUT2D eigenvalue weighted by atomic mass is 9.80. The van der Waals surface area contributed by atoms with Crippen molar-refractivity contribution in [2.75, 3.05) is 159 Å². The number of carboxylic acids is 1. The molecule has 0 heterocycles. The molecule has 0 spiro atoms. The summed E-state index contributed by atoms with van der Waals surface area (Å²) >= 11 is 0. The Morgan fingerprint density at radius 1 is 0.333 bits per heavy atom. The van der Waals surface area contributed by atoms with Crippen molar-refractivity contribution >= 4 is 11.9 Å². The Bertz CT molecular complexity index is 1400. The van der Waals surface area contributed by atoms with E-state index in [4.69, 9.17) is 66.7 Å². The predicted molar refractivity (Wildman–Crippen MR) is 232 cm³/mol. The summed E-state index contributed by atoms with van der Waals surface area (Å²) in [6, 6.07) is 30.9. The maximum atomic E-state index is 11.3. The summed E-state index contributed by atoms with van der Waals surface area (Å²) in [5.41, 5.74) is 2.41. The molecule has 16 heteroatoms. The summed E-state index contributed by atoms with van der Waals surface area (Å²) in [7, 11) is 0. The van der Waals surface area contributed by atoms with Crippen molar-refractivity contribution in [2.24, 2.45) is 0 Å². The van der Waals surface area contributed by atoms with Gasteiger partial charge in [-0.1, -0.05) is 91.0 Å². The number of rotatable bonds is 43. The Balaban J connectivity index is 0.997. The van der Waals surface area contributed by atoms with Gasteiger partial charge in [0, 0.05) is 0 Å². The highest BCUT2D eigenvalue weighted by Gasteiger charge is 2.37. The first-order valence-electron chi connectivity index (χ1n) is 21.7. The van der Waals surface area contributed by atoms with Gasteiger partial charge in [0.25, 0.3) is 0 Å². The Morgan fingerprint density at radius 2 is 0.571 bits per heavy atom. The van der Waals surface area contributed by atoms with E-state index in [2.05, 4.69) is 36.4 Å². The molecule has 0 saturated heterocycles. The minimum absolute atomic E-state index is 0.0763. The average Bonchev–Trinajstić information content (AvgIpc) is 3.31. The molecule has 0 radical (unpaired) electrons. The second-order valence-corrected chi connectivity index (χ2v) is 13.5. The van der Waals surface area contributed by atoms with Crippen LogP contribution in [0.2, 0.25) is 0 Å². The van der Waals surface area contributed by atoms with Crippen LogP contribution in [0.3, 0.4) is 0 Å². The molecule has 0 fully saturated rings. The third-order valence-electron chi connectivity index (χ3n) is 8.84. The van der Waals surface area contributed by atoms with Crippen LogP contribution in [-0.4, -0.2) is 176 Å². The number of aliphatic carboxylic acids is 1. The van der Waals surface area contributed by atoms with Crippen LogP contribution in [0.5, 0.6) is 0 Å². The molecule has 0 amide bonds. The number of hydrogen-bond acceptors (Lipinski definition) is 15. The van der Waals surface area contributed by atoms with Crippen molar-refractivity contribution in [3.05, 3.63) is 108 Å². The fourth-order valence-corrected chi connectivity index (χ4v) is 5.82. The standard InChI is InChI=1S/C47H68O16/c48-45(49)16-17-46(50)62-40-38-60-36-34-58-32-30-56-28-26-54-24-22-52-20-18-51-19-21-53-23-25-55-27-29-57-31-33-59-35-37-61-39-41-63-47(42-10-4-1-5-11-42,43-12-6-2-7-13-43)44-14-8-3-9-15-44/h1-15H,16-41H2,(H,48,49). The zero-order valence-electron chi connectivity index (χ0n) is 36.6. The summed E-state index contributed by atoms with van der Waals surface area (Å²) in [6.07, 6.45) is -0.396. The Hall–Kier alpha value is -3.88. The van der Waals surface area contributed by atoms with Crippen molar-refractivity contribution in [3.8, 4) is 0 Å². The quantitative estimate of drug-likeness (QED) is 0.0475. The Morgan fingerprint density at radius 3 is 0.825 bits per heavy atom. The molecule has 1 N–H and O–H groups in total. The lowest BCUT2D eigenvalue weighted by Crippen LogP contribution is -2.34. The van der Waals surface area contributed by atoms with E-state index in [0.717, 1.165) is 16.7 Å². The first kappa shape index (κ1) is 53.5. The van der Waals surface area contributed by atoms with Gasteiger partial charge >= 0.3 is 11.9 Å². The van der Waals surface area contributed by atoms with E-state index in [0.29, 0.717) is 145 Å². The maximum absolute atomic E-state index is 11.3. The molecule has 0 atom stereocenters. The van der Waals surface area contributed by atoms with E-state index in [1.807, 2.05) is 54.6 Å². The summed E-state index contributed by atoms with van der Waals surface area (Å²) in [5.74, 6) is -1.59. The van der Waals surface area contributed by atoms with E-state index < -0.39 is 17.5 Å². The van der Waals surface area contributed by atoms with Crippen molar-refractivity contribution < 1.29 is 76.3 Å². The van der Waals surface area contributed by atoms with E-state index in [9.17, 15) is 9.59 Å². The van der Waals surface area contributed by atoms with Crippen molar-refractivity contribution in [3.63, 3.8) is 0 Å². The van der Waals surface area contributed by atoms with Crippen LogP contribution < -0.4 is 0 Å². The van der Waals surface area contributed by atoms with Crippen molar-refractivity contribution in [1.29, 1.82) is 0 Å². The van der Waals surface area contributed by atoms with Crippen LogP contribution in [0.4, 0.5) is 0 Å². The van der Waals surface area contributed by atoms with Crippen LogP contribution in [0, 0.1) is 0 Å². The van der Waals surface area contributed by atoms with Crippen LogP contribution in [0.25, 0.3) is 0 Å². The van der Waals surface area contributed by atoms with Gasteiger partial charge in [-0.3, -0.25) is 9.59 Å². The smallest absolute Gasteiger partial charge is 0.306 e. The van der Waals surface area contributed by atoms with Crippen LogP contribution in [0.15, 0.2) is 91.0 Å². The molecule has 0 unspecified atom stereocenters. The molecule has 3 rings (SSSR count). The molecule has 0 saturated carbocycles. The normalized spacial score (nSPS) is 11.6. The molecule has 3 aromatic carbocycles. The molecule has 0 bridgehead atoms. The Kier molecular flexibility index (Phi) is 31.8. The summed E-state index contributed by atoms with van der Waals surface area (Å²) < 4.78 is 72.4. The third kappa shape index (κ3) is 25.9. The van der Waals surface area contributed by atoms with Gasteiger partial charge in [0.05, 0.1) is 165 Å². The topological polar surface area (TPSA) is 174 Å². The minimum atomic E-state index is -1.04. The minimum Gasteiger partial charge on any atom is -0.481 e. The molecular weight excluding hydrogens is 821 g/mol. The third-order valence-corrected chi connectivity index (χ3v) is 8.84. The molecule has 0 aliphatic heterocycles. The number of carboxylic acid groups (broad SMARTS) is 1. The molecule has 0 aromatic heterocycles. The maximum Gasteiger partial charge on any atom is 0.306 e. The number of ether oxygens (including phenoxy) is 13. The molecule has 0 aliphatic carbocycles. The fraction of sp³-hybridized carbons (Fsp3) is 0.574. The van der Waals surface area contributed by atoms with Gasteiger partial charge in [0.1, 0.15) is 12.2 Å². The lowest BCUT2D eigenvalue weighted by molar-refractivity contribution is -0.149. The largest absolute Gasteiger partial charge is 0.481 e. The van der Waals surface area contributed by atoms with Crippen LogP contribution >= 0.6 is 0 Å². The van der Waals surface area contributed by atoms with Gasteiger partial charge in [-0.05, 0) is 16.7 Å². The zero-order valence-corrected chi connectivity index (χ0v) is 36.6. The summed E-state index contributed by atoms with van der Waals surface area (Å²) in [4.78, 5) is 21.7. The number of hydrogen-bond donors (Lipinski definition) is 1. The van der Waals surface area contributed by atoms with Crippen LogP contribution in [0.1, 0.15) is 29.5 Å². The summed E-state index contributed by atoms with van der Waals surface area (Å²) in [6.45, 7) is 10.2. The monoisotopic (exact) mass is 888 g/mol. The van der Waals surface area contributed by atoms with Crippen molar-refractivity contribution in [1.82, 2.24) is 0 Å². The second-order valence-electron chi connectivity index (χ2n) is 13.5. The SMILES string of the molecule is O=C(O)CCC(=O)OCCOCCOCCOCCOCCOCCOCCOCCOCCOCCOCCOCCOC(c1ccccc1)(c1ccccc1)c1ccccc1. The van der Waals surface area contributed by atoms with Gasteiger partial charge in [-0.25, -0.2) is 0 Å². The molecule has 0 aliphatic rings. The first-order chi connectivity index (χ1) is 31.1. The van der Waals surface area contributed by atoms with E-state index in [1.54, 1.807) is 0 Å². The predicted octanol–water partition coefficient (Wildman–Crippen LogP) is 4.59. The van der Waals surface area contributed by atoms with Gasteiger partial charge in [0.2, 0.25) is 0 Å². The highest BCUT2D eigenvalue weighted by atomic mass is 16.6. The number of benzene rings is 3.